The van der Waals surface area contributed by atoms with Crippen LogP contribution in [-0.2, 0) is 0 Å². The molecule has 64 valence electrons. The van der Waals surface area contributed by atoms with Crippen molar-refractivity contribution in [3.63, 3.8) is 0 Å². The van der Waals surface area contributed by atoms with Gasteiger partial charge in [-0.25, -0.2) is 0 Å². The van der Waals surface area contributed by atoms with Gasteiger partial charge in [-0.15, -0.1) is 0 Å². The average molecular weight is 265 g/mol. The van der Waals surface area contributed by atoms with Crippen LogP contribution in [0.4, 0.5) is 0 Å². The summed E-state index contributed by atoms with van der Waals surface area (Å²) in [4.78, 5) is 2.60. The van der Waals surface area contributed by atoms with Gasteiger partial charge in [-0.1, -0.05) is 35.9 Å². The number of halogens is 1. The molecule has 0 radical (unpaired) electrons. The van der Waals surface area contributed by atoms with Crippen molar-refractivity contribution in [2.75, 3.05) is 13.6 Å². The highest BCUT2D eigenvalue weighted by Gasteiger charge is 2.57. The van der Waals surface area contributed by atoms with Crippen molar-refractivity contribution >= 4 is 22.6 Å². The predicted molar refractivity (Wildman–Crippen MR) is 56.2 cm³/mol. The Morgan fingerprint density at radius 2 is 2.18 bits per heavy atom. The van der Waals surface area contributed by atoms with Crippen LogP contribution >= 0.6 is 22.6 Å². The van der Waals surface area contributed by atoms with Gasteiger partial charge in [0.25, 0.3) is 0 Å². The molecule has 2 aliphatic rings. The molecule has 1 saturated heterocycles. The molecular weight excluding hydrogens is 249 g/mol. The maximum Gasteiger partial charge on any atom is 0.0283 e. The predicted octanol–water partition coefficient (Wildman–Crippen LogP) is 2.29. The number of hydrogen-bond acceptors (Lipinski definition) is 1. The largest absolute Gasteiger partial charge is 0.299 e. The van der Waals surface area contributed by atoms with E-state index in [1.165, 1.54) is 25.8 Å². The Bertz CT molecular complexity index is 165. The fourth-order valence-electron chi connectivity index (χ4n) is 2.71. The zero-order chi connectivity index (χ0) is 8.06. The quantitative estimate of drug-likeness (QED) is 0.519. The summed E-state index contributed by atoms with van der Waals surface area (Å²) in [6.07, 6.45) is 4.29. The van der Waals surface area contributed by atoms with Crippen molar-refractivity contribution < 1.29 is 0 Å². The molecule has 1 heterocycles. The summed E-state index contributed by atoms with van der Waals surface area (Å²) in [5.74, 6) is 0.980. The van der Waals surface area contributed by atoms with Crippen LogP contribution in [0.25, 0.3) is 0 Å². The Labute approximate surface area is 82.7 Å². The monoisotopic (exact) mass is 265 g/mol. The van der Waals surface area contributed by atoms with Gasteiger partial charge >= 0.3 is 0 Å². The van der Waals surface area contributed by atoms with E-state index in [0.717, 1.165) is 9.84 Å². The summed E-state index contributed by atoms with van der Waals surface area (Å²) >= 11 is 2.63. The minimum absolute atomic E-state index is 0.667. The number of nitrogens with zero attached hydrogens (tertiary/aromatic N) is 1. The fraction of sp³-hybridized carbons (Fsp3) is 1.00. The van der Waals surface area contributed by atoms with Crippen molar-refractivity contribution in [1.29, 1.82) is 0 Å². The summed E-state index contributed by atoms with van der Waals surface area (Å²) in [5.41, 5.74) is 0.667. The second-order valence-electron chi connectivity index (χ2n) is 4.01. The van der Waals surface area contributed by atoms with Crippen LogP contribution in [-0.4, -0.2) is 28.0 Å². The molecule has 2 heteroatoms. The smallest absolute Gasteiger partial charge is 0.0283 e. The standard InChI is InChI=1S/C9H16IN/c1-3-7-8(10)6-11(2)9(7)4-5-9/h7-8H,3-6H2,1-2H3. The average Bonchev–Trinajstić information content (AvgIpc) is 2.65. The summed E-state index contributed by atoms with van der Waals surface area (Å²) < 4.78 is 0.907. The first kappa shape index (κ1) is 8.30. The third kappa shape index (κ3) is 1.05. The third-order valence-electron chi connectivity index (χ3n) is 3.54. The normalized spacial score (nSPS) is 41.7. The van der Waals surface area contributed by atoms with Gasteiger partial charge in [-0.05, 0) is 25.8 Å². The first-order chi connectivity index (χ1) is 5.20. The first-order valence-electron chi connectivity index (χ1n) is 4.56. The zero-order valence-corrected chi connectivity index (χ0v) is 9.47. The number of alkyl halides is 1. The molecule has 0 N–H and O–H groups in total. The third-order valence-corrected chi connectivity index (χ3v) is 4.80. The van der Waals surface area contributed by atoms with E-state index < -0.39 is 0 Å². The van der Waals surface area contributed by atoms with Crippen LogP contribution in [0.2, 0.25) is 0 Å². The lowest BCUT2D eigenvalue weighted by molar-refractivity contribution is 0.245. The van der Waals surface area contributed by atoms with Crippen molar-refractivity contribution in [2.45, 2.75) is 35.6 Å². The van der Waals surface area contributed by atoms with Crippen molar-refractivity contribution in [3.05, 3.63) is 0 Å². The summed E-state index contributed by atoms with van der Waals surface area (Å²) in [5, 5.41) is 0. The zero-order valence-electron chi connectivity index (χ0n) is 7.31. The molecule has 2 fully saturated rings. The Morgan fingerprint density at radius 1 is 1.55 bits per heavy atom. The molecule has 0 bridgehead atoms. The molecular formula is C9H16IN. The van der Waals surface area contributed by atoms with Gasteiger partial charge < -0.3 is 0 Å². The second kappa shape index (κ2) is 2.59. The molecule has 1 nitrogen and oxygen atoms in total. The highest BCUT2D eigenvalue weighted by Crippen LogP contribution is 2.55. The Morgan fingerprint density at radius 3 is 2.55 bits per heavy atom. The summed E-state index contributed by atoms with van der Waals surface area (Å²) in [6, 6.07) is 0. The molecule has 0 aromatic carbocycles. The van der Waals surface area contributed by atoms with E-state index >= 15 is 0 Å². The molecule has 1 spiro atoms. The molecule has 2 atom stereocenters. The molecule has 0 aromatic heterocycles. The van der Waals surface area contributed by atoms with Gasteiger partial charge in [0.2, 0.25) is 0 Å². The van der Waals surface area contributed by atoms with Crippen LogP contribution in [0.3, 0.4) is 0 Å². The SMILES string of the molecule is CCC1C(I)CN(C)C12CC2. The molecule has 2 unspecified atom stereocenters. The van der Waals surface area contributed by atoms with Gasteiger partial charge in [0.15, 0.2) is 0 Å². The van der Waals surface area contributed by atoms with Crippen LogP contribution in [0.1, 0.15) is 26.2 Å². The lowest BCUT2D eigenvalue weighted by atomic mass is 9.95. The van der Waals surface area contributed by atoms with Crippen LogP contribution < -0.4 is 0 Å². The van der Waals surface area contributed by atoms with E-state index in [0.29, 0.717) is 5.54 Å². The topological polar surface area (TPSA) is 3.24 Å². The number of rotatable bonds is 1. The highest BCUT2D eigenvalue weighted by molar-refractivity contribution is 14.1. The Kier molecular flexibility index (Phi) is 1.95. The number of hydrogen-bond donors (Lipinski definition) is 0. The maximum absolute atomic E-state index is 2.63. The van der Waals surface area contributed by atoms with Crippen molar-refractivity contribution in [3.8, 4) is 0 Å². The fourth-order valence-corrected chi connectivity index (χ4v) is 4.48. The molecule has 1 aliphatic carbocycles. The van der Waals surface area contributed by atoms with Gasteiger partial charge in [-0.3, -0.25) is 4.90 Å². The van der Waals surface area contributed by atoms with Gasteiger partial charge in [0, 0.05) is 16.0 Å². The van der Waals surface area contributed by atoms with Gasteiger partial charge in [0.1, 0.15) is 0 Å². The molecule has 0 aromatic rings. The van der Waals surface area contributed by atoms with Gasteiger partial charge in [-0.2, -0.15) is 0 Å². The van der Waals surface area contributed by atoms with E-state index in [9.17, 15) is 0 Å². The molecule has 11 heavy (non-hydrogen) atoms. The Hall–Kier alpha value is 0.690. The molecule has 1 aliphatic heterocycles. The highest BCUT2D eigenvalue weighted by atomic mass is 127. The minimum Gasteiger partial charge on any atom is -0.299 e. The van der Waals surface area contributed by atoms with E-state index in [1.54, 1.807) is 0 Å². The summed E-state index contributed by atoms with van der Waals surface area (Å²) in [6.45, 7) is 3.66. The van der Waals surface area contributed by atoms with Crippen LogP contribution in [0.15, 0.2) is 0 Å². The molecule has 2 rings (SSSR count). The second-order valence-corrected chi connectivity index (χ2v) is 5.61. The van der Waals surface area contributed by atoms with Crippen molar-refractivity contribution in [2.24, 2.45) is 5.92 Å². The van der Waals surface area contributed by atoms with E-state index in [-0.39, 0.29) is 0 Å². The lowest BCUT2D eigenvalue weighted by Crippen LogP contribution is -2.31. The van der Waals surface area contributed by atoms with Gasteiger partial charge in [0.05, 0.1) is 0 Å². The van der Waals surface area contributed by atoms with E-state index in [1.807, 2.05) is 0 Å². The first-order valence-corrected chi connectivity index (χ1v) is 5.80. The Balaban J connectivity index is 2.17. The van der Waals surface area contributed by atoms with Crippen molar-refractivity contribution in [1.82, 2.24) is 4.90 Å². The molecule has 1 saturated carbocycles. The van der Waals surface area contributed by atoms with E-state index in [2.05, 4.69) is 41.5 Å². The maximum atomic E-state index is 2.63. The molecule has 0 amide bonds. The van der Waals surface area contributed by atoms with Crippen LogP contribution in [0, 0.1) is 5.92 Å². The number of likely N-dealkylation sites (tertiary alicyclic amines) is 1. The van der Waals surface area contributed by atoms with Crippen LogP contribution in [0.5, 0.6) is 0 Å². The lowest BCUT2D eigenvalue weighted by Gasteiger charge is -2.23. The summed E-state index contributed by atoms with van der Waals surface area (Å²) in [7, 11) is 2.30. The van der Waals surface area contributed by atoms with E-state index in [4.69, 9.17) is 0 Å². The minimum atomic E-state index is 0.667.